The minimum atomic E-state index is -0.235. The molecule has 0 fully saturated rings. The summed E-state index contributed by atoms with van der Waals surface area (Å²) in [5, 5.41) is 11.8. The number of aromatic nitrogens is 3. The van der Waals surface area contributed by atoms with Crippen LogP contribution in [0.5, 0.6) is 5.75 Å². The second kappa shape index (κ2) is 4.66. The van der Waals surface area contributed by atoms with Crippen molar-refractivity contribution in [2.75, 3.05) is 0 Å². The van der Waals surface area contributed by atoms with Gasteiger partial charge in [0.25, 0.3) is 5.56 Å². The van der Waals surface area contributed by atoms with Crippen LogP contribution in [0.1, 0.15) is 0 Å². The smallest absolute Gasteiger partial charge is 0.259 e. The summed E-state index contributed by atoms with van der Waals surface area (Å²) in [6, 6.07) is 14.3. The fourth-order valence-corrected chi connectivity index (χ4v) is 2.53. The van der Waals surface area contributed by atoms with Gasteiger partial charge in [0, 0.05) is 11.6 Å². The third-order valence-electron chi connectivity index (χ3n) is 3.62. The van der Waals surface area contributed by atoms with Crippen LogP contribution in [-0.4, -0.2) is 20.1 Å². The first-order valence-corrected chi connectivity index (χ1v) is 6.80. The fraction of sp³-hybridized carbons (Fsp3) is 0. The van der Waals surface area contributed by atoms with E-state index in [4.69, 9.17) is 0 Å². The SMILES string of the molecule is O=c1[nH]c(-c2ccc3cccnc3c2O)nc2ccccc12. The number of phenols is 1. The summed E-state index contributed by atoms with van der Waals surface area (Å²) in [5.41, 5.74) is 1.28. The minimum absolute atomic E-state index is 0.0107. The number of nitrogens with one attached hydrogen (secondary N) is 1. The van der Waals surface area contributed by atoms with Crippen molar-refractivity contribution >= 4 is 21.8 Å². The van der Waals surface area contributed by atoms with Gasteiger partial charge in [0.2, 0.25) is 0 Å². The van der Waals surface area contributed by atoms with Gasteiger partial charge < -0.3 is 10.1 Å². The van der Waals surface area contributed by atoms with Crippen LogP contribution in [0.3, 0.4) is 0 Å². The molecule has 4 aromatic rings. The van der Waals surface area contributed by atoms with Gasteiger partial charge in [-0.3, -0.25) is 9.78 Å². The molecule has 2 heterocycles. The number of pyridine rings is 1. The molecular weight excluding hydrogens is 278 g/mol. The van der Waals surface area contributed by atoms with Crippen molar-refractivity contribution in [3.8, 4) is 17.1 Å². The third-order valence-corrected chi connectivity index (χ3v) is 3.62. The number of benzene rings is 2. The second-order valence-corrected chi connectivity index (χ2v) is 4.97. The van der Waals surface area contributed by atoms with Crippen LogP contribution in [0.2, 0.25) is 0 Å². The third kappa shape index (κ3) is 1.83. The molecule has 2 aromatic heterocycles. The lowest BCUT2D eigenvalue weighted by Gasteiger charge is -2.07. The number of fused-ring (bicyclic) bond motifs is 2. The number of aromatic hydroxyl groups is 1. The molecule has 0 amide bonds. The second-order valence-electron chi connectivity index (χ2n) is 4.97. The summed E-state index contributed by atoms with van der Waals surface area (Å²) in [6.07, 6.45) is 1.61. The minimum Gasteiger partial charge on any atom is -0.505 e. The summed E-state index contributed by atoms with van der Waals surface area (Å²) >= 11 is 0. The van der Waals surface area contributed by atoms with Crippen molar-refractivity contribution in [1.29, 1.82) is 0 Å². The van der Waals surface area contributed by atoms with E-state index in [2.05, 4.69) is 15.0 Å². The van der Waals surface area contributed by atoms with Crippen molar-refractivity contribution in [3.05, 3.63) is 65.1 Å². The van der Waals surface area contributed by atoms with Gasteiger partial charge in [0.15, 0.2) is 5.75 Å². The van der Waals surface area contributed by atoms with E-state index < -0.39 is 0 Å². The van der Waals surface area contributed by atoms with Crippen LogP contribution in [0.4, 0.5) is 0 Å². The first kappa shape index (κ1) is 12.5. The summed E-state index contributed by atoms with van der Waals surface area (Å²) in [4.78, 5) is 23.5. The van der Waals surface area contributed by atoms with Crippen LogP contribution in [0.15, 0.2) is 59.5 Å². The zero-order chi connectivity index (χ0) is 15.1. The fourth-order valence-electron chi connectivity index (χ4n) is 2.53. The van der Waals surface area contributed by atoms with E-state index in [-0.39, 0.29) is 11.3 Å². The topological polar surface area (TPSA) is 78.9 Å². The highest BCUT2D eigenvalue weighted by atomic mass is 16.3. The van der Waals surface area contributed by atoms with Gasteiger partial charge in [-0.25, -0.2) is 4.98 Å². The lowest BCUT2D eigenvalue weighted by Crippen LogP contribution is -2.09. The number of nitrogens with zero attached hydrogens (tertiary/aromatic N) is 2. The van der Waals surface area contributed by atoms with Crippen LogP contribution < -0.4 is 5.56 Å². The van der Waals surface area contributed by atoms with Gasteiger partial charge in [0.05, 0.1) is 16.5 Å². The predicted molar refractivity (Wildman–Crippen MR) is 84.8 cm³/mol. The highest BCUT2D eigenvalue weighted by molar-refractivity contribution is 5.91. The molecule has 0 saturated heterocycles. The Hall–Kier alpha value is -3.21. The van der Waals surface area contributed by atoms with Gasteiger partial charge >= 0.3 is 0 Å². The number of hydrogen-bond donors (Lipinski definition) is 2. The van der Waals surface area contributed by atoms with Crippen molar-refractivity contribution in [2.45, 2.75) is 0 Å². The monoisotopic (exact) mass is 289 g/mol. The largest absolute Gasteiger partial charge is 0.505 e. The molecule has 0 radical (unpaired) electrons. The van der Waals surface area contributed by atoms with E-state index >= 15 is 0 Å². The van der Waals surface area contributed by atoms with Crippen molar-refractivity contribution < 1.29 is 5.11 Å². The van der Waals surface area contributed by atoms with Gasteiger partial charge in [0.1, 0.15) is 11.3 Å². The highest BCUT2D eigenvalue weighted by Gasteiger charge is 2.12. The molecular formula is C17H11N3O2. The van der Waals surface area contributed by atoms with E-state index in [0.717, 1.165) is 5.39 Å². The number of rotatable bonds is 1. The first-order chi connectivity index (χ1) is 10.7. The van der Waals surface area contributed by atoms with Crippen LogP contribution in [0.25, 0.3) is 33.2 Å². The van der Waals surface area contributed by atoms with Gasteiger partial charge in [-0.15, -0.1) is 0 Å². The number of H-pyrrole nitrogens is 1. The maximum Gasteiger partial charge on any atom is 0.259 e. The number of hydrogen-bond acceptors (Lipinski definition) is 4. The Bertz CT molecular complexity index is 1070. The van der Waals surface area contributed by atoms with E-state index in [1.807, 2.05) is 18.2 Å². The Morgan fingerprint density at radius 2 is 1.86 bits per heavy atom. The molecule has 22 heavy (non-hydrogen) atoms. The van der Waals surface area contributed by atoms with Crippen LogP contribution >= 0.6 is 0 Å². The molecule has 0 bridgehead atoms. The molecule has 0 atom stereocenters. The molecule has 0 saturated carbocycles. The molecule has 0 spiro atoms. The Morgan fingerprint density at radius 3 is 2.77 bits per heavy atom. The normalized spacial score (nSPS) is 11.1. The van der Waals surface area contributed by atoms with Gasteiger partial charge in [-0.1, -0.05) is 24.3 Å². The Balaban J connectivity index is 2.03. The molecule has 4 rings (SSSR count). The Morgan fingerprint density at radius 1 is 1.00 bits per heavy atom. The zero-order valence-corrected chi connectivity index (χ0v) is 11.4. The van der Waals surface area contributed by atoms with Gasteiger partial charge in [-0.05, 0) is 24.3 Å². The number of phenolic OH excluding ortho intramolecular Hbond substituents is 1. The molecule has 2 aromatic carbocycles. The lowest BCUT2D eigenvalue weighted by molar-refractivity contribution is 0.482. The van der Waals surface area contributed by atoms with Crippen LogP contribution in [-0.2, 0) is 0 Å². The average molecular weight is 289 g/mol. The van der Waals surface area contributed by atoms with Gasteiger partial charge in [-0.2, -0.15) is 0 Å². The molecule has 5 nitrogen and oxygen atoms in total. The molecule has 2 N–H and O–H groups in total. The molecule has 5 heteroatoms. The summed E-state index contributed by atoms with van der Waals surface area (Å²) < 4.78 is 0. The Kier molecular flexibility index (Phi) is 2.66. The predicted octanol–water partition coefficient (Wildman–Crippen LogP) is 2.84. The molecule has 0 aliphatic heterocycles. The highest BCUT2D eigenvalue weighted by Crippen LogP contribution is 2.32. The lowest BCUT2D eigenvalue weighted by atomic mass is 10.1. The molecule has 106 valence electrons. The number of aromatic amines is 1. The summed E-state index contributed by atoms with van der Waals surface area (Å²) in [7, 11) is 0. The first-order valence-electron chi connectivity index (χ1n) is 6.80. The van der Waals surface area contributed by atoms with E-state index in [0.29, 0.717) is 27.8 Å². The van der Waals surface area contributed by atoms with E-state index in [1.165, 1.54) is 0 Å². The van der Waals surface area contributed by atoms with Crippen LogP contribution in [0, 0.1) is 0 Å². The standard InChI is InChI=1S/C17H11N3O2/c21-15-12(8-7-10-4-3-9-18-14(10)15)16-19-13-6-2-1-5-11(13)17(22)20-16/h1-9,21H,(H,19,20,22). The summed E-state index contributed by atoms with van der Waals surface area (Å²) in [5.74, 6) is 0.338. The maximum absolute atomic E-state index is 12.2. The quantitative estimate of drug-likeness (QED) is 0.564. The molecule has 0 unspecified atom stereocenters. The maximum atomic E-state index is 12.2. The number of para-hydroxylation sites is 1. The van der Waals surface area contributed by atoms with E-state index in [1.54, 1.807) is 36.5 Å². The summed E-state index contributed by atoms with van der Waals surface area (Å²) in [6.45, 7) is 0. The van der Waals surface area contributed by atoms with Crippen molar-refractivity contribution in [3.63, 3.8) is 0 Å². The average Bonchev–Trinajstić information content (AvgIpc) is 2.55. The van der Waals surface area contributed by atoms with Crippen molar-refractivity contribution in [2.24, 2.45) is 0 Å². The molecule has 0 aliphatic rings. The van der Waals surface area contributed by atoms with E-state index in [9.17, 15) is 9.90 Å². The Labute approximate surface area is 124 Å². The zero-order valence-electron chi connectivity index (χ0n) is 11.4. The van der Waals surface area contributed by atoms with Crippen molar-refractivity contribution in [1.82, 2.24) is 15.0 Å². The molecule has 0 aliphatic carbocycles.